The summed E-state index contributed by atoms with van der Waals surface area (Å²) in [7, 11) is 0. The fourth-order valence-corrected chi connectivity index (χ4v) is 4.55. The van der Waals surface area contributed by atoms with E-state index in [0.29, 0.717) is 36.3 Å². The smallest absolute Gasteiger partial charge is 0.407 e. The van der Waals surface area contributed by atoms with E-state index in [1.807, 2.05) is 11.0 Å². The molecule has 2 aliphatic rings. The first-order valence-electron chi connectivity index (χ1n) is 11.2. The van der Waals surface area contributed by atoms with E-state index in [0.717, 1.165) is 25.7 Å². The second-order valence-corrected chi connectivity index (χ2v) is 8.89. The third kappa shape index (κ3) is 5.66. The average molecular weight is 485 g/mol. The van der Waals surface area contributed by atoms with Crippen molar-refractivity contribution in [2.75, 3.05) is 18.0 Å². The Labute approximate surface area is 201 Å². The number of nitrogens with one attached hydrogen (secondary N) is 3. The molecule has 1 aliphatic heterocycles. The van der Waals surface area contributed by atoms with Crippen molar-refractivity contribution in [1.29, 1.82) is 5.26 Å². The van der Waals surface area contributed by atoms with Crippen LogP contribution in [0.3, 0.4) is 0 Å². The number of anilines is 1. The van der Waals surface area contributed by atoms with Gasteiger partial charge in [-0.25, -0.2) is 9.89 Å². The first-order chi connectivity index (χ1) is 16.4. The summed E-state index contributed by atoms with van der Waals surface area (Å²) in [5, 5.41) is 20.9. The first kappa shape index (κ1) is 23.6. The number of nitriles is 1. The van der Waals surface area contributed by atoms with Gasteiger partial charge >= 0.3 is 6.09 Å². The first-order valence-corrected chi connectivity index (χ1v) is 11.6. The van der Waals surface area contributed by atoms with Crippen LogP contribution in [0.1, 0.15) is 48.0 Å². The van der Waals surface area contributed by atoms with Gasteiger partial charge in [-0.05, 0) is 49.9 Å². The highest BCUT2D eigenvalue weighted by atomic mass is 35.5. The number of carbonyl (C=O) groups is 2. The summed E-state index contributed by atoms with van der Waals surface area (Å²) in [5.41, 5.74) is 1.10. The van der Waals surface area contributed by atoms with E-state index in [1.54, 1.807) is 24.3 Å². The van der Waals surface area contributed by atoms with Gasteiger partial charge in [0, 0.05) is 30.6 Å². The van der Waals surface area contributed by atoms with E-state index in [9.17, 15) is 14.4 Å². The molecule has 2 fully saturated rings. The predicted molar refractivity (Wildman–Crippen MR) is 125 cm³/mol. The molecule has 1 saturated carbocycles. The number of ether oxygens (including phenoxy) is 1. The number of alkyl carbamates (subject to hydrolysis) is 1. The van der Waals surface area contributed by atoms with Crippen LogP contribution in [0.4, 0.5) is 10.5 Å². The highest BCUT2D eigenvalue weighted by Gasteiger charge is 2.29. The lowest BCUT2D eigenvalue weighted by Crippen LogP contribution is -2.44. The van der Waals surface area contributed by atoms with Crippen molar-refractivity contribution in [2.45, 2.75) is 50.3 Å². The van der Waals surface area contributed by atoms with Crippen molar-refractivity contribution < 1.29 is 14.3 Å². The van der Waals surface area contributed by atoms with E-state index < -0.39 is 11.7 Å². The fourth-order valence-electron chi connectivity index (χ4n) is 4.34. The molecule has 11 heteroatoms. The maximum absolute atomic E-state index is 12.4. The lowest BCUT2D eigenvalue weighted by molar-refractivity contribution is 0.0909. The van der Waals surface area contributed by atoms with Crippen LogP contribution >= 0.6 is 11.6 Å². The predicted octanol–water partition coefficient (Wildman–Crippen LogP) is 2.34. The minimum absolute atomic E-state index is 0.0144. The van der Waals surface area contributed by atoms with E-state index >= 15 is 0 Å². The molecule has 3 N–H and O–H groups in total. The summed E-state index contributed by atoms with van der Waals surface area (Å²) in [6.07, 6.45) is 4.31. The van der Waals surface area contributed by atoms with Crippen molar-refractivity contribution in [2.24, 2.45) is 0 Å². The summed E-state index contributed by atoms with van der Waals surface area (Å²) in [6, 6.07) is 8.58. The number of benzene rings is 1. The molecule has 178 valence electrons. The van der Waals surface area contributed by atoms with Crippen molar-refractivity contribution in [3.05, 3.63) is 57.0 Å². The molecule has 1 aliphatic carbocycles. The molecule has 0 spiro atoms. The number of hydrogen-bond acceptors (Lipinski definition) is 7. The maximum atomic E-state index is 12.4. The van der Waals surface area contributed by atoms with E-state index in [4.69, 9.17) is 21.6 Å². The van der Waals surface area contributed by atoms with Crippen LogP contribution in [0, 0.1) is 11.3 Å². The van der Waals surface area contributed by atoms with Gasteiger partial charge in [0.05, 0.1) is 30.1 Å². The standard InChI is InChI=1S/C23H25ClN6O4/c24-20-19(12-26-29-22(20)32)30-10-9-18(13-30)34-23(33)28-17-7-5-16(6-8-17)27-21(31)15-3-1-14(11-25)2-4-15/h1-4,12,16-18H,5-10,13H2,(H,27,31)(H,28,33)(H,29,32)/t16?,17?,18-/m1/s1. The molecule has 4 rings (SSSR count). The summed E-state index contributed by atoms with van der Waals surface area (Å²) < 4.78 is 5.57. The van der Waals surface area contributed by atoms with E-state index in [2.05, 4.69) is 20.8 Å². The number of aromatic nitrogens is 2. The van der Waals surface area contributed by atoms with Crippen LogP contribution in [0.2, 0.25) is 5.02 Å². The van der Waals surface area contributed by atoms with E-state index in [-0.39, 0.29) is 29.1 Å². The number of aromatic amines is 1. The molecule has 2 amide bonds. The Bertz CT molecular complexity index is 1140. The van der Waals surface area contributed by atoms with Crippen molar-refractivity contribution in [3.8, 4) is 6.07 Å². The number of H-pyrrole nitrogens is 1. The number of amides is 2. The molecule has 2 heterocycles. The Kier molecular flexibility index (Phi) is 7.33. The second-order valence-electron chi connectivity index (χ2n) is 8.52. The Morgan fingerprint density at radius 2 is 1.79 bits per heavy atom. The lowest BCUT2D eigenvalue weighted by Gasteiger charge is -2.29. The van der Waals surface area contributed by atoms with Crippen LogP contribution in [-0.2, 0) is 4.74 Å². The average Bonchev–Trinajstić information content (AvgIpc) is 3.30. The third-order valence-corrected chi connectivity index (χ3v) is 6.56. The van der Waals surface area contributed by atoms with Crippen LogP contribution in [0.25, 0.3) is 0 Å². The SMILES string of the molecule is N#Cc1ccc(C(=O)NC2CCC(NC(=O)O[C@@H]3CCN(c4cn[nH]c(=O)c4Cl)C3)CC2)cc1. The Morgan fingerprint density at radius 1 is 1.12 bits per heavy atom. The van der Waals surface area contributed by atoms with Gasteiger partial charge < -0.3 is 20.3 Å². The number of nitrogens with zero attached hydrogens (tertiary/aromatic N) is 3. The van der Waals surface area contributed by atoms with Crippen LogP contribution in [0.15, 0.2) is 35.3 Å². The van der Waals surface area contributed by atoms with Gasteiger partial charge in [0.25, 0.3) is 11.5 Å². The van der Waals surface area contributed by atoms with Crippen molar-refractivity contribution in [1.82, 2.24) is 20.8 Å². The van der Waals surface area contributed by atoms with Gasteiger partial charge in [0.2, 0.25) is 0 Å². The molecule has 0 unspecified atom stereocenters. The molecule has 0 bridgehead atoms. The summed E-state index contributed by atoms with van der Waals surface area (Å²) in [5.74, 6) is -0.165. The topological polar surface area (TPSA) is 140 Å². The Balaban J connectivity index is 1.19. The van der Waals surface area contributed by atoms with E-state index in [1.165, 1.54) is 6.20 Å². The van der Waals surface area contributed by atoms with Gasteiger partial charge in [0.1, 0.15) is 11.1 Å². The highest BCUT2D eigenvalue weighted by molar-refractivity contribution is 6.33. The van der Waals surface area contributed by atoms with Crippen LogP contribution in [-0.4, -0.2) is 53.5 Å². The van der Waals surface area contributed by atoms with Crippen molar-refractivity contribution >= 4 is 29.3 Å². The molecule has 34 heavy (non-hydrogen) atoms. The number of hydrogen-bond donors (Lipinski definition) is 3. The van der Waals surface area contributed by atoms with Crippen LogP contribution < -0.4 is 21.1 Å². The highest BCUT2D eigenvalue weighted by Crippen LogP contribution is 2.26. The maximum Gasteiger partial charge on any atom is 0.407 e. The second kappa shape index (κ2) is 10.6. The zero-order chi connectivity index (χ0) is 24.1. The minimum atomic E-state index is -0.466. The third-order valence-electron chi connectivity index (χ3n) is 6.20. The quantitative estimate of drug-likeness (QED) is 0.591. The van der Waals surface area contributed by atoms with Crippen molar-refractivity contribution in [3.63, 3.8) is 0 Å². The Hall–Kier alpha value is -3.58. The number of rotatable bonds is 5. The van der Waals surface area contributed by atoms with Gasteiger partial charge in [-0.2, -0.15) is 10.4 Å². The fraction of sp³-hybridized carbons (Fsp3) is 0.435. The lowest BCUT2D eigenvalue weighted by atomic mass is 9.91. The molecule has 2 aromatic rings. The molecule has 1 aromatic carbocycles. The molecule has 1 saturated heterocycles. The molecule has 1 aromatic heterocycles. The minimum Gasteiger partial charge on any atom is -0.444 e. The summed E-state index contributed by atoms with van der Waals surface area (Å²) in [4.78, 5) is 38.3. The van der Waals surface area contributed by atoms with Gasteiger partial charge in [-0.3, -0.25) is 9.59 Å². The molecular formula is C23H25ClN6O4. The van der Waals surface area contributed by atoms with Gasteiger partial charge in [0.15, 0.2) is 0 Å². The molecular weight excluding hydrogens is 460 g/mol. The normalized spacial score (nSPS) is 22.0. The zero-order valence-electron chi connectivity index (χ0n) is 18.4. The molecule has 1 atom stereocenters. The zero-order valence-corrected chi connectivity index (χ0v) is 19.2. The monoisotopic (exact) mass is 484 g/mol. The van der Waals surface area contributed by atoms with Gasteiger partial charge in [-0.15, -0.1) is 0 Å². The van der Waals surface area contributed by atoms with Crippen LogP contribution in [0.5, 0.6) is 0 Å². The number of carbonyl (C=O) groups excluding carboxylic acids is 2. The summed E-state index contributed by atoms with van der Waals surface area (Å²) >= 11 is 6.06. The molecule has 10 nitrogen and oxygen atoms in total. The summed E-state index contributed by atoms with van der Waals surface area (Å²) in [6.45, 7) is 1.04. The van der Waals surface area contributed by atoms with Gasteiger partial charge in [-0.1, -0.05) is 11.6 Å². The Morgan fingerprint density at radius 3 is 2.47 bits per heavy atom. The molecule has 0 radical (unpaired) electrons. The number of halogens is 1. The largest absolute Gasteiger partial charge is 0.444 e.